The SMILES string of the molecule is CCN(CC)C(=O)CCNC(C(=O)O)C(C)C. The van der Waals surface area contributed by atoms with Gasteiger partial charge in [0.25, 0.3) is 0 Å². The monoisotopic (exact) mass is 244 g/mol. The van der Waals surface area contributed by atoms with Crippen molar-refractivity contribution in [2.75, 3.05) is 19.6 Å². The van der Waals surface area contributed by atoms with Crippen LogP contribution in [0.4, 0.5) is 0 Å². The molecule has 0 radical (unpaired) electrons. The van der Waals surface area contributed by atoms with Crippen LogP contribution >= 0.6 is 0 Å². The molecular weight excluding hydrogens is 220 g/mol. The molecule has 0 aliphatic heterocycles. The van der Waals surface area contributed by atoms with E-state index in [1.54, 1.807) is 4.90 Å². The van der Waals surface area contributed by atoms with Crippen LogP contribution in [-0.2, 0) is 9.59 Å². The molecule has 0 aliphatic rings. The molecule has 0 rings (SSSR count). The van der Waals surface area contributed by atoms with Crippen molar-refractivity contribution in [1.29, 1.82) is 0 Å². The minimum absolute atomic E-state index is 0.0102. The van der Waals surface area contributed by atoms with Crippen LogP contribution in [-0.4, -0.2) is 47.6 Å². The zero-order valence-electron chi connectivity index (χ0n) is 11.2. The van der Waals surface area contributed by atoms with Crippen LogP contribution in [0.15, 0.2) is 0 Å². The summed E-state index contributed by atoms with van der Waals surface area (Å²) >= 11 is 0. The Kier molecular flexibility index (Phi) is 7.54. The molecule has 1 atom stereocenters. The summed E-state index contributed by atoms with van der Waals surface area (Å²) in [4.78, 5) is 24.3. The molecular formula is C12H24N2O3. The second kappa shape index (κ2) is 8.06. The maximum atomic E-state index is 11.7. The molecule has 0 aromatic rings. The summed E-state index contributed by atoms with van der Waals surface area (Å²) in [6.07, 6.45) is 0.345. The molecule has 100 valence electrons. The second-order valence-corrected chi connectivity index (χ2v) is 4.33. The predicted octanol–water partition coefficient (Wildman–Crippen LogP) is 0.944. The van der Waals surface area contributed by atoms with Crippen molar-refractivity contribution >= 4 is 11.9 Å². The number of carbonyl (C=O) groups is 2. The Hall–Kier alpha value is -1.10. The van der Waals surface area contributed by atoms with E-state index in [2.05, 4.69) is 5.32 Å². The smallest absolute Gasteiger partial charge is 0.320 e. The number of carboxylic acid groups (broad SMARTS) is 1. The van der Waals surface area contributed by atoms with Crippen LogP contribution in [0.25, 0.3) is 0 Å². The van der Waals surface area contributed by atoms with Crippen LogP contribution in [0, 0.1) is 5.92 Å². The largest absolute Gasteiger partial charge is 0.480 e. The Morgan fingerprint density at radius 1 is 1.24 bits per heavy atom. The number of hydrogen-bond donors (Lipinski definition) is 2. The van der Waals surface area contributed by atoms with Crippen molar-refractivity contribution in [3.8, 4) is 0 Å². The van der Waals surface area contributed by atoms with Crippen LogP contribution < -0.4 is 5.32 Å². The number of carbonyl (C=O) groups excluding carboxylic acids is 1. The standard InChI is InChI=1S/C12H24N2O3/c1-5-14(6-2)10(15)7-8-13-11(9(3)4)12(16)17/h9,11,13H,5-8H2,1-4H3,(H,16,17). The maximum Gasteiger partial charge on any atom is 0.320 e. The van der Waals surface area contributed by atoms with Gasteiger partial charge in [0.15, 0.2) is 0 Å². The molecule has 0 aromatic carbocycles. The minimum Gasteiger partial charge on any atom is -0.480 e. The van der Waals surface area contributed by atoms with Gasteiger partial charge in [-0.25, -0.2) is 0 Å². The zero-order chi connectivity index (χ0) is 13.4. The molecule has 0 aromatic heterocycles. The van der Waals surface area contributed by atoms with Crippen molar-refractivity contribution in [2.45, 2.75) is 40.2 Å². The number of nitrogens with zero attached hydrogens (tertiary/aromatic N) is 1. The molecule has 0 fully saturated rings. The summed E-state index contributed by atoms with van der Waals surface area (Å²) in [5.74, 6) is -0.790. The predicted molar refractivity (Wildman–Crippen MR) is 66.8 cm³/mol. The highest BCUT2D eigenvalue weighted by molar-refractivity contribution is 5.76. The minimum atomic E-state index is -0.865. The first-order chi connectivity index (χ1) is 7.93. The molecule has 0 saturated carbocycles. The van der Waals surface area contributed by atoms with Crippen molar-refractivity contribution in [1.82, 2.24) is 10.2 Å². The van der Waals surface area contributed by atoms with Gasteiger partial charge in [-0.05, 0) is 19.8 Å². The molecule has 0 bridgehead atoms. The van der Waals surface area contributed by atoms with E-state index in [9.17, 15) is 9.59 Å². The molecule has 0 heterocycles. The van der Waals surface area contributed by atoms with Gasteiger partial charge in [-0.2, -0.15) is 0 Å². The van der Waals surface area contributed by atoms with Gasteiger partial charge >= 0.3 is 5.97 Å². The van der Waals surface area contributed by atoms with Crippen molar-refractivity contribution < 1.29 is 14.7 Å². The Bertz CT molecular complexity index is 250. The average Bonchev–Trinajstić information content (AvgIpc) is 2.24. The highest BCUT2D eigenvalue weighted by Gasteiger charge is 2.20. The van der Waals surface area contributed by atoms with Crippen molar-refractivity contribution in [2.24, 2.45) is 5.92 Å². The Balaban J connectivity index is 4.04. The number of amides is 1. The fourth-order valence-electron chi connectivity index (χ4n) is 1.68. The van der Waals surface area contributed by atoms with E-state index in [1.165, 1.54) is 0 Å². The van der Waals surface area contributed by atoms with Crippen molar-refractivity contribution in [3.63, 3.8) is 0 Å². The zero-order valence-corrected chi connectivity index (χ0v) is 11.2. The first-order valence-electron chi connectivity index (χ1n) is 6.17. The lowest BCUT2D eigenvalue weighted by molar-refractivity contribution is -0.141. The highest BCUT2D eigenvalue weighted by atomic mass is 16.4. The van der Waals surface area contributed by atoms with Gasteiger partial charge < -0.3 is 15.3 Å². The van der Waals surface area contributed by atoms with Crippen molar-refractivity contribution in [3.05, 3.63) is 0 Å². The first-order valence-corrected chi connectivity index (χ1v) is 6.17. The molecule has 1 amide bonds. The summed E-state index contributed by atoms with van der Waals surface area (Å²) < 4.78 is 0. The van der Waals surface area contributed by atoms with Gasteiger partial charge in [-0.3, -0.25) is 9.59 Å². The van der Waals surface area contributed by atoms with Gasteiger partial charge in [0.2, 0.25) is 5.91 Å². The molecule has 0 spiro atoms. The fraction of sp³-hybridized carbons (Fsp3) is 0.833. The third-order valence-electron chi connectivity index (χ3n) is 2.75. The van der Waals surface area contributed by atoms with E-state index < -0.39 is 12.0 Å². The van der Waals surface area contributed by atoms with Crippen LogP contribution in [0.2, 0.25) is 0 Å². The van der Waals surface area contributed by atoms with Crippen LogP contribution in [0.5, 0.6) is 0 Å². The maximum absolute atomic E-state index is 11.7. The average molecular weight is 244 g/mol. The van der Waals surface area contributed by atoms with E-state index in [0.29, 0.717) is 26.1 Å². The third-order valence-corrected chi connectivity index (χ3v) is 2.75. The summed E-state index contributed by atoms with van der Waals surface area (Å²) in [5.41, 5.74) is 0. The quantitative estimate of drug-likeness (QED) is 0.667. The molecule has 0 saturated heterocycles. The highest BCUT2D eigenvalue weighted by Crippen LogP contribution is 2.02. The number of hydrogen-bond acceptors (Lipinski definition) is 3. The van der Waals surface area contributed by atoms with Crippen LogP contribution in [0.1, 0.15) is 34.1 Å². The lowest BCUT2D eigenvalue weighted by Gasteiger charge is -2.21. The summed E-state index contributed by atoms with van der Waals surface area (Å²) in [5, 5.41) is 11.9. The number of carboxylic acids is 1. The Morgan fingerprint density at radius 3 is 2.12 bits per heavy atom. The van der Waals surface area contributed by atoms with Gasteiger partial charge in [0.1, 0.15) is 6.04 Å². The molecule has 1 unspecified atom stereocenters. The lowest BCUT2D eigenvalue weighted by atomic mass is 10.0. The first kappa shape index (κ1) is 15.9. The fourth-order valence-corrected chi connectivity index (χ4v) is 1.68. The summed E-state index contributed by atoms with van der Waals surface area (Å²) in [6, 6.07) is -0.584. The molecule has 0 aliphatic carbocycles. The van der Waals surface area contributed by atoms with E-state index in [1.807, 2.05) is 27.7 Å². The van der Waals surface area contributed by atoms with Gasteiger partial charge in [0.05, 0.1) is 0 Å². The topological polar surface area (TPSA) is 69.6 Å². The Morgan fingerprint density at radius 2 is 1.76 bits per heavy atom. The Labute approximate surface area is 103 Å². The number of rotatable bonds is 8. The van der Waals surface area contributed by atoms with E-state index >= 15 is 0 Å². The normalized spacial score (nSPS) is 12.5. The van der Waals surface area contributed by atoms with Crippen LogP contribution in [0.3, 0.4) is 0 Å². The molecule has 17 heavy (non-hydrogen) atoms. The third kappa shape index (κ3) is 5.68. The number of aliphatic carboxylic acids is 1. The van der Waals surface area contributed by atoms with Gasteiger partial charge in [-0.15, -0.1) is 0 Å². The second-order valence-electron chi connectivity index (χ2n) is 4.33. The lowest BCUT2D eigenvalue weighted by Crippen LogP contribution is -2.43. The summed E-state index contributed by atoms with van der Waals surface area (Å²) in [7, 11) is 0. The summed E-state index contributed by atoms with van der Waals surface area (Å²) in [6.45, 7) is 9.36. The van der Waals surface area contributed by atoms with Gasteiger partial charge in [-0.1, -0.05) is 13.8 Å². The molecule has 5 nitrogen and oxygen atoms in total. The molecule has 2 N–H and O–H groups in total. The van der Waals surface area contributed by atoms with E-state index in [0.717, 1.165) is 0 Å². The van der Waals surface area contributed by atoms with E-state index in [4.69, 9.17) is 5.11 Å². The molecule has 5 heteroatoms. The van der Waals surface area contributed by atoms with Gasteiger partial charge in [0, 0.05) is 26.1 Å². The number of nitrogens with one attached hydrogen (secondary N) is 1. The van der Waals surface area contributed by atoms with E-state index in [-0.39, 0.29) is 11.8 Å².